The van der Waals surface area contributed by atoms with Crippen LogP contribution in [-0.4, -0.2) is 39.1 Å². The van der Waals surface area contributed by atoms with Gasteiger partial charge in [-0.2, -0.15) is 0 Å². The Hall–Kier alpha value is -2.87. The van der Waals surface area contributed by atoms with Gasteiger partial charge in [-0.1, -0.05) is 6.07 Å². The van der Waals surface area contributed by atoms with Crippen LogP contribution in [0.3, 0.4) is 0 Å². The van der Waals surface area contributed by atoms with E-state index in [9.17, 15) is 18.0 Å². The Bertz CT molecular complexity index is 1060. The van der Waals surface area contributed by atoms with Gasteiger partial charge in [-0.3, -0.25) is 9.59 Å². The summed E-state index contributed by atoms with van der Waals surface area (Å²) < 4.78 is 25.8. The number of rotatable bonds is 6. The maximum absolute atomic E-state index is 12.7. The average Bonchev–Trinajstić information content (AvgIpc) is 2.86. The van der Waals surface area contributed by atoms with E-state index in [1.165, 1.54) is 12.1 Å². The molecular formula is C22H27N3O4S. The molecule has 8 heteroatoms. The first-order valence-corrected chi connectivity index (χ1v) is 11.5. The van der Waals surface area contributed by atoms with Crippen molar-refractivity contribution in [1.82, 2.24) is 0 Å². The van der Waals surface area contributed by atoms with Gasteiger partial charge in [0, 0.05) is 30.0 Å². The van der Waals surface area contributed by atoms with Gasteiger partial charge in [0.2, 0.25) is 15.9 Å². The monoisotopic (exact) mass is 429 g/mol. The lowest BCUT2D eigenvalue weighted by Gasteiger charge is -2.21. The molecule has 1 heterocycles. The van der Waals surface area contributed by atoms with E-state index in [-0.39, 0.29) is 22.9 Å². The lowest BCUT2D eigenvalue weighted by molar-refractivity contribution is -0.123. The molecule has 1 saturated heterocycles. The standard InChI is InChI=1S/C22H27N3O4S/c1-5-24(6-2)18-12-10-17(11-13-18)23-20(26)16-8-7-9-19(14-16)25-21(27)22(3,4)15-30(25,28)29/h7-14H,5-6,15H2,1-4H3,(H,23,26). The van der Waals surface area contributed by atoms with Crippen molar-refractivity contribution in [3.63, 3.8) is 0 Å². The van der Waals surface area contributed by atoms with Crippen molar-refractivity contribution >= 4 is 38.9 Å². The molecule has 0 spiro atoms. The molecular weight excluding hydrogens is 402 g/mol. The molecule has 3 rings (SSSR count). The second kappa shape index (κ2) is 8.10. The van der Waals surface area contributed by atoms with Crippen molar-refractivity contribution in [1.29, 1.82) is 0 Å². The lowest BCUT2D eigenvalue weighted by Crippen LogP contribution is -2.33. The SMILES string of the molecule is CCN(CC)c1ccc(NC(=O)c2cccc(N3C(=O)C(C)(C)CS3(=O)=O)c2)cc1. The molecule has 160 valence electrons. The molecule has 2 amide bonds. The molecule has 0 atom stereocenters. The van der Waals surface area contributed by atoms with Gasteiger partial charge >= 0.3 is 0 Å². The highest BCUT2D eigenvalue weighted by atomic mass is 32.2. The molecule has 30 heavy (non-hydrogen) atoms. The Kier molecular flexibility index (Phi) is 5.90. The van der Waals surface area contributed by atoms with E-state index in [1.807, 2.05) is 24.3 Å². The minimum Gasteiger partial charge on any atom is -0.372 e. The third-order valence-electron chi connectivity index (χ3n) is 5.18. The average molecular weight is 430 g/mol. The van der Waals surface area contributed by atoms with Crippen molar-refractivity contribution in [2.75, 3.05) is 33.4 Å². The van der Waals surface area contributed by atoms with E-state index in [0.29, 0.717) is 5.69 Å². The van der Waals surface area contributed by atoms with E-state index in [0.717, 1.165) is 23.1 Å². The minimum absolute atomic E-state index is 0.176. The van der Waals surface area contributed by atoms with Crippen LogP contribution in [0.4, 0.5) is 17.1 Å². The molecule has 0 saturated carbocycles. The Morgan fingerprint density at radius 1 is 1.10 bits per heavy atom. The maximum Gasteiger partial charge on any atom is 0.255 e. The fourth-order valence-electron chi connectivity index (χ4n) is 3.58. The molecule has 2 aromatic rings. The first-order chi connectivity index (χ1) is 14.1. The summed E-state index contributed by atoms with van der Waals surface area (Å²) in [5, 5.41) is 2.82. The highest BCUT2D eigenvalue weighted by molar-refractivity contribution is 7.94. The summed E-state index contributed by atoms with van der Waals surface area (Å²) in [6.45, 7) is 9.15. The van der Waals surface area contributed by atoms with Crippen LogP contribution in [0.2, 0.25) is 0 Å². The van der Waals surface area contributed by atoms with Gasteiger partial charge in [0.15, 0.2) is 0 Å². The Morgan fingerprint density at radius 2 is 1.73 bits per heavy atom. The summed E-state index contributed by atoms with van der Waals surface area (Å²) in [5.74, 6) is -1.13. The largest absolute Gasteiger partial charge is 0.372 e. The molecule has 7 nitrogen and oxygen atoms in total. The van der Waals surface area contributed by atoms with Crippen LogP contribution in [0.1, 0.15) is 38.1 Å². The molecule has 0 bridgehead atoms. The Balaban J connectivity index is 1.81. The van der Waals surface area contributed by atoms with Gasteiger partial charge < -0.3 is 10.2 Å². The Morgan fingerprint density at radius 3 is 2.27 bits per heavy atom. The maximum atomic E-state index is 12.7. The van der Waals surface area contributed by atoms with E-state index in [2.05, 4.69) is 24.1 Å². The zero-order chi connectivity index (χ0) is 22.1. The van der Waals surface area contributed by atoms with Gasteiger partial charge in [0.25, 0.3) is 5.91 Å². The van der Waals surface area contributed by atoms with Gasteiger partial charge in [0.05, 0.1) is 16.9 Å². The second-order valence-corrected chi connectivity index (χ2v) is 9.75. The predicted octanol–water partition coefficient (Wildman–Crippen LogP) is 3.49. The van der Waals surface area contributed by atoms with E-state index >= 15 is 0 Å². The molecule has 0 unspecified atom stereocenters. The quantitative estimate of drug-likeness (QED) is 0.760. The lowest BCUT2D eigenvalue weighted by atomic mass is 9.95. The van der Waals surface area contributed by atoms with Crippen LogP contribution in [-0.2, 0) is 14.8 Å². The smallest absolute Gasteiger partial charge is 0.255 e. The number of anilines is 3. The second-order valence-electron chi connectivity index (χ2n) is 7.93. The summed E-state index contributed by atoms with van der Waals surface area (Å²) in [6, 6.07) is 13.6. The van der Waals surface area contributed by atoms with Crippen molar-refractivity contribution in [2.24, 2.45) is 5.41 Å². The van der Waals surface area contributed by atoms with E-state index in [1.54, 1.807) is 26.0 Å². The number of carbonyl (C=O) groups is 2. The molecule has 1 N–H and O–H groups in total. The summed E-state index contributed by atoms with van der Waals surface area (Å²) >= 11 is 0. The predicted molar refractivity (Wildman–Crippen MR) is 119 cm³/mol. The number of sulfonamides is 1. The zero-order valence-electron chi connectivity index (χ0n) is 17.7. The van der Waals surface area contributed by atoms with Crippen molar-refractivity contribution < 1.29 is 18.0 Å². The van der Waals surface area contributed by atoms with Crippen LogP contribution in [0.25, 0.3) is 0 Å². The number of hydrogen-bond donors (Lipinski definition) is 1. The Labute approximate surface area is 177 Å². The highest BCUT2D eigenvalue weighted by Crippen LogP contribution is 2.36. The highest BCUT2D eigenvalue weighted by Gasteiger charge is 2.49. The number of nitrogens with zero attached hydrogens (tertiary/aromatic N) is 2. The van der Waals surface area contributed by atoms with Crippen LogP contribution in [0, 0.1) is 5.41 Å². The number of amides is 2. The normalized spacial score (nSPS) is 17.1. The molecule has 1 aliphatic rings. The molecule has 2 aromatic carbocycles. The van der Waals surface area contributed by atoms with E-state index < -0.39 is 21.3 Å². The third kappa shape index (κ3) is 4.18. The molecule has 0 aliphatic carbocycles. The van der Waals surface area contributed by atoms with Gasteiger partial charge in [0.1, 0.15) is 0 Å². The first-order valence-electron chi connectivity index (χ1n) is 9.93. The molecule has 0 radical (unpaired) electrons. The van der Waals surface area contributed by atoms with Crippen LogP contribution in [0.15, 0.2) is 48.5 Å². The number of nitrogens with one attached hydrogen (secondary N) is 1. The number of carbonyl (C=O) groups excluding carboxylic acids is 2. The molecule has 0 aromatic heterocycles. The van der Waals surface area contributed by atoms with Crippen LogP contribution >= 0.6 is 0 Å². The van der Waals surface area contributed by atoms with Crippen molar-refractivity contribution in [2.45, 2.75) is 27.7 Å². The zero-order valence-corrected chi connectivity index (χ0v) is 18.5. The summed E-state index contributed by atoms with van der Waals surface area (Å²) in [6.07, 6.45) is 0. The van der Waals surface area contributed by atoms with Crippen molar-refractivity contribution in [3.8, 4) is 0 Å². The minimum atomic E-state index is -3.77. The summed E-state index contributed by atoms with van der Waals surface area (Å²) in [4.78, 5) is 27.5. The molecule has 1 aliphatic heterocycles. The fraction of sp³-hybridized carbons (Fsp3) is 0.364. The summed E-state index contributed by atoms with van der Waals surface area (Å²) in [7, 11) is -3.77. The van der Waals surface area contributed by atoms with Crippen LogP contribution in [0.5, 0.6) is 0 Å². The van der Waals surface area contributed by atoms with Crippen LogP contribution < -0.4 is 14.5 Å². The van der Waals surface area contributed by atoms with E-state index in [4.69, 9.17) is 0 Å². The number of benzene rings is 2. The topological polar surface area (TPSA) is 86.8 Å². The summed E-state index contributed by atoms with van der Waals surface area (Å²) in [5.41, 5.74) is 1.15. The molecule has 1 fully saturated rings. The van der Waals surface area contributed by atoms with Gasteiger partial charge in [-0.25, -0.2) is 12.7 Å². The van der Waals surface area contributed by atoms with Gasteiger partial charge in [-0.05, 0) is 70.2 Å². The fourth-order valence-corrected chi connectivity index (χ4v) is 5.68. The van der Waals surface area contributed by atoms with Gasteiger partial charge in [-0.15, -0.1) is 0 Å². The number of hydrogen-bond acceptors (Lipinski definition) is 5. The third-order valence-corrected chi connectivity index (χ3v) is 7.20. The first kappa shape index (κ1) is 21.8. The van der Waals surface area contributed by atoms with Crippen molar-refractivity contribution in [3.05, 3.63) is 54.1 Å².